The zero-order valence-electron chi connectivity index (χ0n) is 20.3. The molecule has 0 spiro atoms. The molecule has 1 aliphatic heterocycles. The third kappa shape index (κ3) is 6.35. The molecular formula is C23H24ClF3N2O8S. The fourth-order valence-corrected chi connectivity index (χ4v) is 5.40. The van der Waals surface area contributed by atoms with Crippen LogP contribution in [0.3, 0.4) is 0 Å². The number of ether oxygens (including phenoxy) is 3. The number of benzene rings is 2. The third-order valence-electron chi connectivity index (χ3n) is 5.55. The Hall–Kier alpha value is -3.39. The summed E-state index contributed by atoms with van der Waals surface area (Å²) in [5, 5.41) is 11.1. The maximum Gasteiger partial charge on any atom is 0.427 e. The Balaban J connectivity index is 2.01. The van der Waals surface area contributed by atoms with E-state index in [-0.39, 0.29) is 52.2 Å². The number of methoxy groups -OCH3 is 1. The number of carbonyl (C=O) groups excluding carboxylic acids is 1. The second-order valence-corrected chi connectivity index (χ2v) is 10.9. The van der Waals surface area contributed by atoms with Crippen LogP contribution in [0.5, 0.6) is 11.5 Å². The normalized spacial score (nSPS) is 15.8. The van der Waals surface area contributed by atoms with Crippen molar-refractivity contribution in [3.63, 3.8) is 0 Å². The number of anilines is 2. The van der Waals surface area contributed by atoms with Gasteiger partial charge in [-0.1, -0.05) is 11.6 Å². The summed E-state index contributed by atoms with van der Waals surface area (Å²) in [6, 6.07) is 7.73. The van der Waals surface area contributed by atoms with Crippen LogP contribution in [0.25, 0.3) is 0 Å². The Bertz CT molecular complexity index is 1330. The van der Waals surface area contributed by atoms with Gasteiger partial charge in [-0.25, -0.2) is 13.2 Å². The molecule has 2 aromatic rings. The van der Waals surface area contributed by atoms with Crippen LogP contribution in [0.4, 0.5) is 29.3 Å². The summed E-state index contributed by atoms with van der Waals surface area (Å²) < 4.78 is 83.0. The number of carboxylic acid groups (broad SMARTS) is 1. The largest absolute Gasteiger partial charge is 0.497 e. The summed E-state index contributed by atoms with van der Waals surface area (Å²) in [5.74, 6) is -0.873. The van der Waals surface area contributed by atoms with Gasteiger partial charge in [0.25, 0.3) is 10.0 Å². The molecule has 2 aromatic carbocycles. The number of hydrogen-bond donors (Lipinski definition) is 2. The van der Waals surface area contributed by atoms with Crippen molar-refractivity contribution in [2.75, 3.05) is 23.3 Å². The van der Waals surface area contributed by atoms with E-state index in [0.29, 0.717) is 13.8 Å². The van der Waals surface area contributed by atoms with Crippen molar-refractivity contribution in [2.45, 2.75) is 49.5 Å². The van der Waals surface area contributed by atoms with Crippen molar-refractivity contribution >= 4 is 45.1 Å². The highest BCUT2D eigenvalue weighted by atomic mass is 35.5. The molecule has 0 radical (unpaired) electrons. The number of rotatable bonds is 8. The van der Waals surface area contributed by atoms with Crippen molar-refractivity contribution in [3.05, 3.63) is 41.4 Å². The van der Waals surface area contributed by atoms with Gasteiger partial charge in [-0.05, 0) is 50.6 Å². The monoisotopic (exact) mass is 580 g/mol. The van der Waals surface area contributed by atoms with Crippen LogP contribution < -0.4 is 19.1 Å². The van der Waals surface area contributed by atoms with E-state index in [1.165, 1.54) is 43.5 Å². The van der Waals surface area contributed by atoms with Gasteiger partial charge in [0.2, 0.25) is 5.60 Å². The molecule has 2 N–H and O–H groups in total. The fraction of sp³-hybridized carbons (Fsp3) is 0.391. The summed E-state index contributed by atoms with van der Waals surface area (Å²) in [4.78, 5) is 22.9. The van der Waals surface area contributed by atoms with Gasteiger partial charge in [0, 0.05) is 18.2 Å². The highest BCUT2D eigenvalue weighted by Gasteiger charge is 2.51. The van der Waals surface area contributed by atoms with E-state index in [1.807, 2.05) is 0 Å². The average Bonchev–Trinajstić information content (AvgIpc) is 2.81. The first-order valence-corrected chi connectivity index (χ1v) is 12.8. The molecule has 0 saturated carbocycles. The summed E-state index contributed by atoms with van der Waals surface area (Å²) in [6.07, 6.45) is -7.43. The van der Waals surface area contributed by atoms with Crippen LogP contribution in [0.2, 0.25) is 5.02 Å². The Kier molecular flexibility index (Phi) is 8.27. The van der Waals surface area contributed by atoms with Crippen molar-refractivity contribution < 1.29 is 50.5 Å². The topological polar surface area (TPSA) is 131 Å². The SMILES string of the molecule is COc1ccc(Cl)c(S(=O)(=O)N2CC(CCC(=O)O)Oc3ccc(NC(=O)OC(C)(C)C(F)(F)F)cc32)c1. The number of nitrogens with one attached hydrogen (secondary N) is 1. The minimum Gasteiger partial charge on any atom is -0.497 e. The summed E-state index contributed by atoms with van der Waals surface area (Å²) in [7, 11) is -3.07. The Labute approximate surface area is 221 Å². The predicted molar refractivity (Wildman–Crippen MR) is 131 cm³/mol. The third-order valence-corrected chi connectivity index (χ3v) is 7.82. The van der Waals surface area contributed by atoms with Crippen molar-refractivity contribution in [1.29, 1.82) is 0 Å². The molecule has 1 amide bonds. The molecule has 0 aromatic heterocycles. The quantitative estimate of drug-likeness (QED) is 0.443. The van der Waals surface area contributed by atoms with Gasteiger partial charge in [-0.2, -0.15) is 13.2 Å². The molecule has 1 heterocycles. The van der Waals surface area contributed by atoms with Gasteiger partial charge in [0.1, 0.15) is 22.5 Å². The predicted octanol–water partition coefficient (Wildman–Crippen LogP) is 5.06. The summed E-state index contributed by atoms with van der Waals surface area (Å²) >= 11 is 6.19. The molecule has 208 valence electrons. The van der Waals surface area contributed by atoms with Crippen molar-refractivity contribution in [1.82, 2.24) is 0 Å². The van der Waals surface area contributed by atoms with Gasteiger partial charge in [-0.15, -0.1) is 0 Å². The van der Waals surface area contributed by atoms with Gasteiger partial charge < -0.3 is 19.3 Å². The molecule has 10 nitrogen and oxygen atoms in total. The smallest absolute Gasteiger partial charge is 0.427 e. The van der Waals surface area contributed by atoms with Crippen LogP contribution in [-0.2, 0) is 19.6 Å². The summed E-state index contributed by atoms with van der Waals surface area (Å²) in [6.45, 7) is 1.04. The number of amides is 1. The van der Waals surface area contributed by atoms with E-state index in [0.717, 1.165) is 4.31 Å². The van der Waals surface area contributed by atoms with Gasteiger partial charge in [0.05, 0.1) is 24.4 Å². The first-order valence-electron chi connectivity index (χ1n) is 11.0. The molecule has 1 unspecified atom stereocenters. The van der Waals surface area contributed by atoms with E-state index in [4.69, 9.17) is 26.2 Å². The maximum atomic E-state index is 13.7. The second-order valence-electron chi connectivity index (χ2n) is 8.71. The van der Waals surface area contributed by atoms with E-state index >= 15 is 0 Å². The molecule has 0 saturated heterocycles. The minimum atomic E-state index is -4.83. The molecule has 0 aliphatic carbocycles. The fourth-order valence-electron chi connectivity index (χ4n) is 3.41. The van der Waals surface area contributed by atoms with E-state index in [9.17, 15) is 31.2 Å². The lowest BCUT2D eigenvalue weighted by Gasteiger charge is -2.36. The van der Waals surface area contributed by atoms with Crippen molar-refractivity contribution in [3.8, 4) is 11.5 Å². The van der Waals surface area contributed by atoms with E-state index < -0.39 is 40.0 Å². The Morgan fingerprint density at radius 2 is 1.89 bits per heavy atom. The first-order chi connectivity index (χ1) is 17.5. The molecule has 15 heteroatoms. The molecule has 1 atom stereocenters. The van der Waals surface area contributed by atoms with Gasteiger partial charge in [-0.3, -0.25) is 14.4 Å². The molecule has 0 bridgehead atoms. The number of nitrogens with zero attached hydrogens (tertiary/aromatic N) is 1. The zero-order chi connectivity index (χ0) is 28.5. The zero-order valence-corrected chi connectivity index (χ0v) is 21.9. The number of sulfonamides is 1. The van der Waals surface area contributed by atoms with Crippen LogP contribution in [0.15, 0.2) is 41.3 Å². The number of carboxylic acids is 1. The van der Waals surface area contributed by atoms with Crippen LogP contribution in [0.1, 0.15) is 26.7 Å². The molecule has 0 fully saturated rings. The first kappa shape index (κ1) is 29.2. The number of carbonyl (C=O) groups is 2. The minimum absolute atomic E-state index is 0.0223. The Morgan fingerprint density at radius 3 is 2.50 bits per heavy atom. The van der Waals surface area contributed by atoms with Gasteiger partial charge >= 0.3 is 18.2 Å². The van der Waals surface area contributed by atoms with Crippen LogP contribution in [0, 0.1) is 0 Å². The maximum absolute atomic E-state index is 13.7. The standard InChI is InChI=1S/C23H24ClF3N2O8S/c1-22(2,23(25,26)27)37-21(32)28-13-4-8-18-17(10-13)29(12-15(36-18)6-9-20(30)31)38(33,34)19-11-14(35-3)5-7-16(19)24/h4-5,7-8,10-11,15H,6,9,12H2,1-3H3,(H,28,32)(H,30,31). The van der Waals surface area contributed by atoms with E-state index in [1.54, 1.807) is 0 Å². The highest BCUT2D eigenvalue weighted by Crippen LogP contribution is 2.41. The van der Waals surface area contributed by atoms with Crippen molar-refractivity contribution in [2.24, 2.45) is 0 Å². The summed E-state index contributed by atoms with van der Waals surface area (Å²) in [5.41, 5.74) is -2.94. The number of hydrogen-bond acceptors (Lipinski definition) is 7. The highest BCUT2D eigenvalue weighted by molar-refractivity contribution is 7.93. The second kappa shape index (κ2) is 10.8. The number of aliphatic carboxylic acids is 1. The average molecular weight is 581 g/mol. The van der Waals surface area contributed by atoms with Crippen LogP contribution >= 0.6 is 11.6 Å². The number of halogens is 4. The van der Waals surface area contributed by atoms with Gasteiger partial charge in [0.15, 0.2) is 0 Å². The lowest BCUT2D eigenvalue weighted by molar-refractivity contribution is -0.242. The molecule has 3 rings (SSSR count). The lowest BCUT2D eigenvalue weighted by atomic mass is 10.1. The molecule has 38 heavy (non-hydrogen) atoms. The Morgan fingerprint density at radius 1 is 1.21 bits per heavy atom. The lowest BCUT2D eigenvalue weighted by Crippen LogP contribution is -2.44. The number of fused-ring (bicyclic) bond motifs is 1. The molecular weight excluding hydrogens is 557 g/mol. The van der Waals surface area contributed by atoms with E-state index in [2.05, 4.69) is 10.1 Å². The molecule has 1 aliphatic rings. The number of alkyl halides is 3. The van der Waals surface area contributed by atoms with Crippen LogP contribution in [-0.4, -0.2) is 57.1 Å².